The van der Waals surface area contributed by atoms with Gasteiger partial charge in [0.2, 0.25) is 17.7 Å². The molecule has 0 bridgehead atoms. The Morgan fingerprint density at radius 2 is 1.15 bits per heavy atom. The van der Waals surface area contributed by atoms with Crippen molar-refractivity contribution in [2.24, 2.45) is 10.8 Å². The van der Waals surface area contributed by atoms with Gasteiger partial charge in [-0.3, -0.25) is 19.2 Å². The lowest BCUT2D eigenvalue weighted by Crippen LogP contribution is -2.46. The van der Waals surface area contributed by atoms with E-state index in [9.17, 15) is 29.4 Å². The van der Waals surface area contributed by atoms with Crippen molar-refractivity contribution in [1.82, 2.24) is 16.0 Å². The Morgan fingerprint density at radius 3 is 1.48 bits per heavy atom. The molecule has 0 radical (unpaired) electrons. The number of hydrogen-bond donors (Lipinski definition) is 9. The summed E-state index contributed by atoms with van der Waals surface area (Å²) in [5, 5.41) is 52.7. The fraction of sp³-hybridized carbons (Fsp3) is 0.800. The van der Waals surface area contributed by atoms with Gasteiger partial charge in [-0.1, -0.05) is 27.7 Å². The van der Waals surface area contributed by atoms with E-state index in [1.165, 1.54) is 13.8 Å². The number of nitrogens with one attached hydrogen (secondary N) is 3. The van der Waals surface area contributed by atoms with Crippen molar-refractivity contribution in [2.75, 3.05) is 38.6 Å². The molecular weight excluding hydrogens is 458 g/mol. The molecule has 194 valence electrons. The highest BCUT2D eigenvalue weighted by Crippen LogP contribution is 2.20. The van der Waals surface area contributed by atoms with E-state index >= 15 is 0 Å². The molecule has 0 aromatic rings. The molecule has 0 fully saturated rings. The Hall–Kier alpha value is -1.93. The molecule has 0 rings (SSSR count). The number of carboxylic acids is 1. The predicted octanol–water partition coefficient (Wildman–Crippen LogP) is -2.13. The van der Waals surface area contributed by atoms with E-state index in [4.69, 9.17) is 15.3 Å². The van der Waals surface area contributed by atoms with Crippen LogP contribution in [-0.2, 0) is 19.2 Å². The fourth-order valence-electron chi connectivity index (χ4n) is 1.95. The number of aliphatic hydroxyl groups excluding tert-OH is 4. The first-order chi connectivity index (χ1) is 15.2. The molecule has 12 nitrogen and oxygen atoms in total. The van der Waals surface area contributed by atoms with Crippen molar-refractivity contribution in [3.05, 3.63) is 0 Å². The molecular formula is C20H39N3O9S. The molecule has 0 heterocycles. The molecule has 0 aliphatic rings. The predicted molar refractivity (Wildman–Crippen MR) is 123 cm³/mol. The van der Waals surface area contributed by atoms with Gasteiger partial charge in [-0.15, -0.1) is 0 Å². The molecule has 0 saturated heterocycles. The second-order valence-electron chi connectivity index (χ2n) is 8.65. The summed E-state index contributed by atoms with van der Waals surface area (Å²) in [5.74, 6) is -1.90. The third-order valence-electron chi connectivity index (χ3n) is 4.52. The molecule has 8 N–H and O–H groups in total. The maximum absolute atomic E-state index is 11.5. The zero-order chi connectivity index (χ0) is 26.2. The maximum Gasteiger partial charge on any atom is 0.305 e. The topological polar surface area (TPSA) is 206 Å². The first-order valence-electron chi connectivity index (χ1n) is 10.4. The van der Waals surface area contributed by atoms with Gasteiger partial charge in [0, 0.05) is 42.6 Å². The summed E-state index contributed by atoms with van der Waals surface area (Å²) in [7, 11) is 0. The van der Waals surface area contributed by atoms with Gasteiger partial charge in [-0.25, -0.2) is 0 Å². The third kappa shape index (κ3) is 14.8. The largest absolute Gasteiger partial charge is 0.481 e. The Bertz CT molecular complexity index is 630. The highest BCUT2D eigenvalue weighted by atomic mass is 32.1. The van der Waals surface area contributed by atoms with Gasteiger partial charge in [0.15, 0.2) is 0 Å². The Labute approximate surface area is 199 Å². The van der Waals surface area contributed by atoms with Crippen LogP contribution in [0.3, 0.4) is 0 Å². The summed E-state index contributed by atoms with van der Waals surface area (Å²) in [5.41, 5.74) is -1.84. The van der Waals surface area contributed by atoms with Crippen LogP contribution in [-0.4, -0.2) is 100 Å². The monoisotopic (exact) mass is 497 g/mol. The van der Waals surface area contributed by atoms with Crippen LogP contribution in [0, 0.1) is 10.8 Å². The molecule has 0 aromatic heterocycles. The van der Waals surface area contributed by atoms with E-state index in [1.807, 2.05) is 0 Å². The van der Waals surface area contributed by atoms with Gasteiger partial charge in [0.05, 0.1) is 19.6 Å². The smallest absolute Gasteiger partial charge is 0.305 e. The number of carbonyl (C=O) groups is 4. The molecule has 2 atom stereocenters. The molecule has 0 aliphatic heterocycles. The van der Waals surface area contributed by atoms with Crippen LogP contribution in [0.2, 0.25) is 0 Å². The van der Waals surface area contributed by atoms with Gasteiger partial charge in [-0.2, -0.15) is 12.6 Å². The van der Waals surface area contributed by atoms with Crippen LogP contribution in [0.1, 0.15) is 40.5 Å². The normalized spacial score (nSPS) is 13.1. The lowest BCUT2D eigenvalue weighted by atomic mass is 9.87. The van der Waals surface area contributed by atoms with Gasteiger partial charge >= 0.3 is 5.97 Å². The summed E-state index contributed by atoms with van der Waals surface area (Å²) < 4.78 is 0. The van der Waals surface area contributed by atoms with Crippen LogP contribution < -0.4 is 16.0 Å². The molecule has 0 aromatic carbocycles. The lowest BCUT2D eigenvalue weighted by molar-refractivity contribution is -0.139. The van der Waals surface area contributed by atoms with Crippen molar-refractivity contribution < 1.29 is 44.7 Å². The Balaban J connectivity index is 0. The van der Waals surface area contributed by atoms with Gasteiger partial charge < -0.3 is 41.5 Å². The summed E-state index contributed by atoms with van der Waals surface area (Å²) in [4.78, 5) is 44.2. The van der Waals surface area contributed by atoms with Gasteiger partial charge in [0.1, 0.15) is 12.2 Å². The van der Waals surface area contributed by atoms with Crippen LogP contribution >= 0.6 is 12.6 Å². The van der Waals surface area contributed by atoms with E-state index < -0.39 is 40.8 Å². The molecule has 33 heavy (non-hydrogen) atoms. The van der Waals surface area contributed by atoms with E-state index in [0.717, 1.165) is 0 Å². The number of hydrogen-bond acceptors (Lipinski definition) is 9. The summed E-state index contributed by atoms with van der Waals surface area (Å²) in [6.07, 6.45) is -2.71. The van der Waals surface area contributed by atoms with E-state index in [2.05, 4.69) is 28.6 Å². The number of carboxylic acid groups (broad SMARTS) is 1. The number of amides is 3. The molecule has 0 spiro atoms. The van der Waals surface area contributed by atoms with Crippen molar-refractivity contribution in [1.29, 1.82) is 0 Å². The van der Waals surface area contributed by atoms with Crippen molar-refractivity contribution in [3.8, 4) is 0 Å². The average Bonchev–Trinajstić information content (AvgIpc) is 2.76. The van der Waals surface area contributed by atoms with E-state index in [-0.39, 0.29) is 45.1 Å². The molecule has 13 heteroatoms. The highest BCUT2D eigenvalue weighted by molar-refractivity contribution is 7.80. The van der Waals surface area contributed by atoms with Crippen molar-refractivity contribution >= 4 is 36.3 Å². The van der Waals surface area contributed by atoms with E-state index in [0.29, 0.717) is 12.3 Å². The summed E-state index contributed by atoms with van der Waals surface area (Å²) in [6, 6.07) is 0. The maximum atomic E-state index is 11.5. The van der Waals surface area contributed by atoms with Crippen molar-refractivity contribution in [2.45, 2.75) is 52.7 Å². The molecule has 0 saturated carbocycles. The third-order valence-corrected chi connectivity index (χ3v) is 4.74. The second-order valence-corrected chi connectivity index (χ2v) is 9.10. The van der Waals surface area contributed by atoms with Crippen LogP contribution in [0.4, 0.5) is 0 Å². The quantitative estimate of drug-likeness (QED) is 0.120. The zero-order valence-corrected chi connectivity index (χ0v) is 20.5. The average molecular weight is 498 g/mol. The number of carbonyl (C=O) groups excluding carboxylic acids is 3. The minimum Gasteiger partial charge on any atom is -0.481 e. The van der Waals surface area contributed by atoms with Gasteiger partial charge in [-0.05, 0) is 0 Å². The van der Waals surface area contributed by atoms with Crippen LogP contribution in [0.5, 0.6) is 0 Å². The molecule has 1 unspecified atom stereocenters. The Kier molecular flexibility index (Phi) is 16.8. The fourth-order valence-corrected chi connectivity index (χ4v) is 2.06. The number of rotatable bonds is 14. The Morgan fingerprint density at radius 1 is 0.758 bits per heavy atom. The first kappa shape index (κ1) is 33.2. The standard InChI is InChI=1S/C11H22N2O4S.C9H17NO5/c1-11(2,7-14)9(16)10(17)13-4-3-8(15)12-5-6-18;1-9(2,5-11)7(14)8(15)10-4-3-6(12)13/h9,14,16,18H,3-7H2,1-2H3,(H,12,15)(H,13,17);7,11,14H,3-5H2,1-2H3,(H,10,15)(H,12,13)/t;7-/m.0/s1. The molecule has 3 amide bonds. The highest BCUT2D eigenvalue weighted by Gasteiger charge is 2.33. The van der Waals surface area contributed by atoms with Crippen molar-refractivity contribution in [3.63, 3.8) is 0 Å². The lowest BCUT2D eigenvalue weighted by Gasteiger charge is -2.27. The van der Waals surface area contributed by atoms with E-state index in [1.54, 1.807) is 13.8 Å². The zero-order valence-electron chi connectivity index (χ0n) is 19.6. The molecule has 0 aliphatic carbocycles. The number of aliphatic carboxylic acids is 1. The number of aliphatic hydroxyl groups is 4. The first-order valence-corrected chi connectivity index (χ1v) is 11.0. The minimum absolute atomic E-state index is 0.0350. The SMILES string of the molecule is CC(C)(CO)C(O)C(=O)NCCC(=O)NCCS.CC(C)(CO)[C@@H](O)C(=O)NCCC(=O)O. The van der Waals surface area contributed by atoms with Crippen LogP contribution in [0.25, 0.3) is 0 Å². The summed E-state index contributed by atoms with van der Waals surface area (Å²) >= 11 is 3.95. The summed E-state index contributed by atoms with van der Waals surface area (Å²) in [6.45, 7) is 6.19. The van der Waals surface area contributed by atoms with Gasteiger partial charge in [0.25, 0.3) is 0 Å². The minimum atomic E-state index is -1.35. The van der Waals surface area contributed by atoms with Crippen LogP contribution in [0.15, 0.2) is 0 Å². The second kappa shape index (κ2) is 16.6. The number of thiol groups is 1.